The van der Waals surface area contributed by atoms with Crippen molar-refractivity contribution in [1.82, 2.24) is 5.32 Å². The third-order valence-electron chi connectivity index (χ3n) is 4.26. The van der Waals surface area contributed by atoms with E-state index in [1.165, 1.54) is 0 Å². The van der Waals surface area contributed by atoms with E-state index in [1.54, 1.807) is 0 Å². The fraction of sp³-hybridized carbons (Fsp3) is 0.381. The van der Waals surface area contributed by atoms with Gasteiger partial charge in [0, 0.05) is 17.8 Å². The molecule has 0 aliphatic rings. The third-order valence-corrected chi connectivity index (χ3v) is 4.26. The van der Waals surface area contributed by atoms with Gasteiger partial charge in [0.25, 0.3) is 5.91 Å². The van der Waals surface area contributed by atoms with E-state index in [2.05, 4.69) is 37.5 Å². The fourth-order valence-electron chi connectivity index (χ4n) is 2.19. The Labute approximate surface area is 150 Å². The van der Waals surface area contributed by atoms with Crippen LogP contribution in [-0.4, -0.2) is 18.1 Å². The zero-order chi connectivity index (χ0) is 18.3. The highest BCUT2D eigenvalue weighted by molar-refractivity contribution is 5.91. The lowest BCUT2D eigenvalue weighted by Gasteiger charge is -2.24. The maximum absolute atomic E-state index is 12.0. The molecule has 0 aromatic heterocycles. The Bertz CT molecular complexity index is 693. The molecule has 4 nitrogen and oxygen atoms in total. The van der Waals surface area contributed by atoms with Gasteiger partial charge in [-0.1, -0.05) is 36.8 Å². The lowest BCUT2D eigenvalue weighted by Crippen LogP contribution is -2.37. The van der Waals surface area contributed by atoms with Gasteiger partial charge in [0.15, 0.2) is 6.61 Å². The van der Waals surface area contributed by atoms with Crippen LogP contribution >= 0.6 is 0 Å². The molecule has 2 rings (SSSR count). The third kappa shape index (κ3) is 6.59. The number of rotatable bonds is 8. The van der Waals surface area contributed by atoms with Crippen LogP contribution in [0.25, 0.3) is 0 Å². The van der Waals surface area contributed by atoms with E-state index in [9.17, 15) is 4.79 Å². The number of benzene rings is 2. The quantitative estimate of drug-likeness (QED) is 0.754. The van der Waals surface area contributed by atoms with Crippen LogP contribution in [0.15, 0.2) is 48.5 Å². The number of anilines is 1. The molecule has 2 aromatic carbocycles. The molecule has 134 valence electrons. The van der Waals surface area contributed by atoms with Gasteiger partial charge in [-0.15, -0.1) is 0 Å². The second-order valence-electron chi connectivity index (χ2n) is 6.94. The van der Waals surface area contributed by atoms with Crippen molar-refractivity contribution in [2.45, 2.75) is 46.2 Å². The lowest BCUT2D eigenvalue weighted by atomic mass is 10.0. The summed E-state index contributed by atoms with van der Waals surface area (Å²) in [6.07, 6.45) is 1.06. The normalized spacial score (nSPS) is 11.2. The molecule has 2 aromatic rings. The summed E-state index contributed by atoms with van der Waals surface area (Å²) in [7, 11) is 0. The molecule has 0 fully saturated rings. The Kier molecular flexibility index (Phi) is 6.59. The van der Waals surface area contributed by atoms with Gasteiger partial charge in [-0.3, -0.25) is 4.79 Å². The molecule has 0 aliphatic carbocycles. The molecule has 0 atom stereocenters. The van der Waals surface area contributed by atoms with Crippen LogP contribution in [-0.2, 0) is 11.3 Å². The van der Waals surface area contributed by atoms with Crippen LogP contribution in [0.5, 0.6) is 5.75 Å². The van der Waals surface area contributed by atoms with Gasteiger partial charge in [-0.05, 0) is 57.0 Å². The predicted octanol–water partition coefficient (Wildman–Crippen LogP) is 4.29. The molecule has 0 saturated carbocycles. The number of carbonyl (C=O) groups is 1. The molecule has 0 radical (unpaired) electrons. The van der Waals surface area contributed by atoms with Gasteiger partial charge in [0.1, 0.15) is 5.75 Å². The Morgan fingerprint density at radius 1 is 1.12 bits per heavy atom. The Balaban J connectivity index is 1.85. The maximum Gasteiger partial charge on any atom is 0.262 e. The minimum atomic E-state index is -0.167. The average Bonchev–Trinajstić information content (AvgIpc) is 2.61. The smallest absolute Gasteiger partial charge is 0.262 e. The first-order chi connectivity index (χ1) is 11.9. The van der Waals surface area contributed by atoms with Gasteiger partial charge >= 0.3 is 0 Å². The van der Waals surface area contributed by atoms with E-state index >= 15 is 0 Å². The van der Waals surface area contributed by atoms with Crippen molar-refractivity contribution in [3.05, 3.63) is 59.7 Å². The van der Waals surface area contributed by atoms with Gasteiger partial charge < -0.3 is 15.4 Å². The summed E-state index contributed by atoms with van der Waals surface area (Å²) < 4.78 is 5.62. The monoisotopic (exact) mass is 340 g/mol. The van der Waals surface area contributed by atoms with Gasteiger partial charge in [0.05, 0.1) is 0 Å². The Hall–Kier alpha value is -2.33. The highest BCUT2D eigenvalue weighted by atomic mass is 16.5. The second-order valence-corrected chi connectivity index (χ2v) is 6.94. The van der Waals surface area contributed by atoms with Crippen LogP contribution in [0.3, 0.4) is 0 Å². The van der Waals surface area contributed by atoms with Crippen LogP contribution in [0.1, 0.15) is 38.3 Å². The Morgan fingerprint density at radius 3 is 2.52 bits per heavy atom. The first-order valence-electron chi connectivity index (χ1n) is 8.71. The van der Waals surface area contributed by atoms with Crippen molar-refractivity contribution in [2.24, 2.45) is 0 Å². The van der Waals surface area contributed by atoms with Crippen LogP contribution in [0.2, 0.25) is 0 Å². The molecule has 2 N–H and O–H groups in total. The number of hydrogen-bond acceptors (Lipinski definition) is 3. The van der Waals surface area contributed by atoms with Crippen molar-refractivity contribution in [1.29, 1.82) is 0 Å². The minimum absolute atomic E-state index is 0.00872. The molecule has 4 heteroatoms. The average molecular weight is 340 g/mol. The molecule has 0 aliphatic heterocycles. The van der Waals surface area contributed by atoms with Crippen molar-refractivity contribution in [2.75, 3.05) is 11.9 Å². The first kappa shape index (κ1) is 19.0. The summed E-state index contributed by atoms with van der Waals surface area (Å²) in [6.45, 7) is 9.31. The van der Waals surface area contributed by atoms with Gasteiger partial charge in [-0.2, -0.15) is 0 Å². The number of carbonyl (C=O) groups excluding carboxylic acids is 1. The van der Waals surface area contributed by atoms with E-state index in [1.807, 2.05) is 49.4 Å². The summed E-state index contributed by atoms with van der Waals surface area (Å²) in [4.78, 5) is 12.0. The summed E-state index contributed by atoms with van der Waals surface area (Å²) >= 11 is 0. The zero-order valence-electron chi connectivity index (χ0n) is 15.6. The first-order valence-corrected chi connectivity index (χ1v) is 8.71. The van der Waals surface area contributed by atoms with Crippen molar-refractivity contribution in [3.63, 3.8) is 0 Å². The molecular formula is C21H28N2O2. The van der Waals surface area contributed by atoms with Crippen LogP contribution < -0.4 is 15.4 Å². The molecular weight excluding hydrogens is 312 g/mol. The highest BCUT2D eigenvalue weighted by Crippen LogP contribution is 2.15. The van der Waals surface area contributed by atoms with Gasteiger partial charge in [0.2, 0.25) is 0 Å². The topological polar surface area (TPSA) is 50.4 Å². The van der Waals surface area contributed by atoms with E-state index < -0.39 is 0 Å². The number of hydrogen-bond donors (Lipinski definition) is 2. The van der Waals surface area contributed by atoms with Crippen LogP contribution in [0, 0.1) is 6.92 Å². The van der Waals surface area contributed by atoms with Crippen molar-refractivity contribution in [3.8, 4) is 5.75 Å². The molecule has 1 amide bonds. The molecule has 0 heterocycles. The standard InChI is InChI=1S/C21H28N2O2/c1-5-21(3,4)22-14-17-7-6-8-19(13-17)25-15-20(24)23-18-11-9-16(2)10-12-18/h6-13,22H,5,14-15H2,1-4H3,(H,23,24). The van der Waals surface area contributed by atoms with Crippen molar-refractivity contribution >= 4 is 11.6 Å². The minimum Gasteiger partial charge on any atom is -0.484 e. The summed E-state index contributed by atoms with van der Waals surface area (Å²) in [5, 5.41) is 6.35. The molecule has 0 spiro atoms. The SMILES string of the molecule is CCC(C)(C)NCc1cccc(OCC(=O)Nc2ccc(C)cc2)c1. The number of amides is 1. The Morgan fingerprint density at radius 2 is 1.84 bits per heavy atom. The predicted molar refractivity (Wildman–Crippen MR) is 103 cm³/mol. The lowest BCUT2D eigenvalue weighted by molar-refractivity contribution is -0.118. The van der Waals surface area contributed by atoms with E-state index in [0.29, 0.717) is 5.75 Å². The summed E-state index contributed by atoms with van der Waals surface area (Å²) in [5.41, 5.74) is 3.17. The molecule has 0 bridgehead atoms. The number of aryl methyl sites for hydroxylation is 1. The highest BCUT2D eigenvalue weighted by Gasteiger charge is 2.13. The number of nitrogens with one attached hydrogen (secondary N) is 2. The fourth-order valence-corrected chi connectivity index (χ4v) is 2.19. The maximum atomic E-state index is 12.0. The van der Waals surface area contributed by atoms with Crippen molar-refractivity contribution < 1.29 is 9.53 Å². The zero-order valence-corrected chi connectivity index (χ0v) is 15.6. The largest absolute Gasteiger partial charge is 0.484 e. The molecule has 0 saturated heterocycles. The summed E-state index contributed by atoms with van der Waals surface area (Å²) in [6, 6.07) is 15.5. The van der Waals surface area contributed by atoms with Crippen LogP contribution in [0.4, 0.5) is 5.69 Å². The van der Waals surface area contributed by atoms with E-state index in [4.69, 9.17) is 4.74 Å². The summed E-state index contributed by atoms with van der Waals surface area (Å²) in [5.74, 6) is 0.534. The second kappa shape index (κ2) is 8.67. The number of ether oxygens (including phenoxy) is 1. The molecule has 25 heavy (non-hydrogen) atoms. The molecule has 0 unspecified atom stereocenters. The van der Waals surface area contributed by atoms with Gasteiger partial charge in [-0.25, -0.2) is 0 Å². The van der Waals surface area contributed by atoms with E-state index in [0.717, 1.165) is 29.8 Å². The van der Waals surface area contributed by atoms with E-state index in [-0.39, 0.29) is 18.1 Å².